The average molecular weight is 322 g/mol. The molecule has 2 amide bonds. The highest BCUT2D eigenvalue weighted by atomic mass is 16.5. The Labute approximate surface area is 138 Å². The van der Waals surface area contributed by atoms with Gasteiger partial charge in [-0.05, 0) is 23.8 Å². The van der Waals surface area contributed by atoms with Crippen LogP contribution in [0.4, 0.5) is 11.4 Å². The molecular weight excluding hydrogens is 308 g/mol. The molecule has 2 aromatic carbocycles. The van der Waals surface area contributed by atoms with Crippen LogP contribution in [0.5, 0.6) is 0 Å². The lowest BCUT2D eigenvalue weighted by atomic mass is 9.97. The molecule has 4 rings (SSSR count). The van der Waals surface area contributed by atoms with Crippen LogP contribution in [-0.4, -0.2) is 30.4 Å². The van der Waals surface area contributed by atoms with Gasteiger partial charge in [0, 0.05) is 6.42 Å². The molecule has 0 unspecified atom stereocenters. The van der Waals surface area contributed by atoms with E-state index < -0.39 is 12.1 Å². The fourth-order valence-corrected chi connectivity index (χ4v) is 3.07. The molecule has 6 nitrogen and oxygen atoms in total. The minimum Gasteiger partial charge on any atom is -0.448 e. The number of ether oxygens (including phenoxy) is 1. The van der Waals surface area contributed by atoms with Crippen molar-refractivity contribution < 1.29 is 19.1 Å². The number of benzene rings is 2. The highest BCUT2D eigenvalue weighted by molar-refractivity contribution is 6.11. The van der Waals surface area contributed by atoms with E-state index in [1.54, 1.807) is 36.4 Å². The number of carbonyl (C=O) groups excluding carboxylic acids is 3. The zero-order chi connectivity index (χ0) is 16.7. The highest BCUT2D eigenvalue weighted by Gasteiger charge is 2.37. The van der Waals surface area contributed by atoms with Crippen molar-refractivity contribution in [1.82, 2.24) is 0 Å². The van der Waals surface area contributed by atoms with Gasteiger partial charge in [-0.25, -0.2) is 4.79 Å². The zero-order valence-electron chi connectivity index (χ0n) is 12.7. The van der Waals surface area contributed by atoms with Gasteiger partial charge in [0.2, 0.25) is 5.91 Å². The van der Waals surface area contributed by atoms with E-state index in [1.807, 2.05) is 12.1 Å². The predicted octanol–water partition coefficient (Wildman–Crippen LogP) is 1.75. The van der Waals surface area contributed by atoms with Gasteiger partial charge in [-0.3, -0.25) is 14.5 Å². The first-order valence-electron chi connectivity index (χ1n) is 7.62. The molecule has 6 heteroatoms. The number of nitrogens with zero attached hydrogens (tertiary/aromatic N) is 1. The van der Waals surface area contributed by atoms with Crippen molar-refractivity contribution in [2.45, 2.75) is 12.5 Å². The van der Waals surface area contributed by atoms with Gasteiger partial charge < -0.3 is 10.1 Å². The molecule has 0 saturated carbocycles. The van der Waals surface area contributed by atoms with E-state index in [9.17, 15) is 14.4 Å². The number of para-hydroxylation sites is 2. The van der Waals surface area contributed by atoms with Gasteiger partial charge in [0.05, 0.1) is 16.9 Å². The molecule has 0 spiro atoms. The molecule has 120 valence electrons. The summed E-state index contributed by atoms with van der Waals surface area (Å²) in [5.41, 5.74) is 2.45. The molecule has 0 fully saturated rings. The molecule has 2 aromatic rings. The predicted molar refractivity (Wildman–Crippen MR) is 86.8 cm³/mol. The first-order valence-corrected chi connectivity index (χ1v) is 7.62. The van der Waals surface area contributed by atoms with Gasteiger partial charge in [0.1, 0.15) is 6.54 Å². The Morgan fingerprint density at radius 2 is 1.83 bits per heavy atom. The molecule has 24 heavy (non-hydrogen) atoms. The van der Waals surface area contributed by atoms with E-state index in [0.717, 1.165) is 5.56 Å². The lowest BCUT2D eigenvalue weighted by Crippen LogP contribution is -2.49. The van der Waals surface area contributed by atoms with Crippen LogP contribution >= 0.6 is 0 Å². The van der Waals surface area contributed by atoms with E-state index in [0.29, 0.717) is 23.4 Å². The van der Waals surface area contributed by atoms with E-state index in [2.05, 4.69) is 5.32 Å². The number of rotatable bonds is 1. The number of nitrogens with one attached hydrogen (secondary N) is 1. The lowest BCUT2D eigenvalue weighted by molar-refractivity contribution is -0.129. The monoisotopic (exact) mass is 322 g/mol. The topological polar surface area (TPSA) is 75.7 Å². The first kappa shape index (κ1) is 14.4. The molecule has 1 N–H and O–H groups in total. The Hall–Kier alpha value is -3.15. The number of hydrogen-bond acceptors (Lipinski definition) is 4. The van der Waals surface area contributed by atoms with Crippen molar-refractivity contribution in [3.63, 3.8) is 0 Å². The van der Waals surface area contributed by atoms with E-state index in [4.69, 9.17) is 4.74 Å². The summed E-state index contributed by atoms with van der Waals surface area (Å²) < 4.78 is 5.32. The summed E-state index contributed by atoms with van der Waals surface area (Å²) in [7, 11) is 0. The van der Waals surface area contributed by atoms with Crippen molar-refractivity contribution in [2.75, 3.05) is 16.8 Å². The van der Waals surface area contributed by atoms with Crippen molar-refractivity contribution in [2.24, 2.45) is 0 Å². The number of cyclic esters (lactones) is 1. The Morgan fingerprint density at radius 3 is 2.71 bits per heavy atom. The second kappa shape index (κ2) is 5.49. The maximum absolute atomic E-state index is 12.9. The van der Waals surface area contributed by atoms with Gasteiger partial charge in [0.15, 0.2) is 6.10 Å². The quantitative estimate of drug-likeness (QED) is 0.812. The summed E-state index contributed by atoms with van der Waals surface area (Å²) in [5, 5.41) is 2.73. The smallest absolute Gasteiger partial charge is 0.339 e. The molecule has 2 aliphatic heterocycles. The summed E-state index contributed by atoms with van der Waals surface area (Å²) in [5.74, 6) is -1.17. The minimum atomic E-state index is -0.925. The molecule has 1 atom stereocenters. The summed E-state index contributed by atoms with van der Waals surface area (Å²) >= 11 is 0. The van der Waals surface area contributed by atoms with Crippen molar-refractivity contribution in [1.29, 1.82) is 0 Å². The molecule has 0 aliphatic carbocycles. The van der Waals surface area contributed by atoms with Gasteiger partial charge in [-0.2, -0.15) is 0 Å². The van der Waals surface area contributed by atoms with Crippen molar-refractivity contribution >= 4 is 29.2 Å². The molecule has 0 radical (unpaired) electrons. The standard InChI is InChI=1S/C18H14N2O4/c21-16-10-20(14-8-4-3-7-13(14)19-16)17(22)15-9-11-5-1-2-6-12(11)18(23)24-15/h1-8,15H,9-10H2,(H,19,21)/t15-/m1/s1. The van der Waals surface area contributed by atoms with E-state index in [-0.39, 0.29) is 18.4 Å². The SMILES string of the molecule is O=C1CN(C(=O)[C@H]2Cc3ccccc3C(=O)O2)c2ccccc2N1. The van der Waals surface area contributed by atoms with Crippen LogP contribution in [0.2, 0.25) is 0 Å². The van der Waals surface area contributed by atoms with Gasteiger partial charge in [0.25, 0.3) is 5.91 Å². The number of fused-ring (bicyclic) bond motifs is 2. The summed E-state index contributed by atoms with van der Waals surface area (Å²) in [6, 6.07) is 14.1. The minimum absolute atomic E-state index is 0.0917. The fraction of sp³-hybridized carbons (Fsp3) is 0.167. The van der Waals surface area contributed by atoms with Crippen LogP contribution in [0.1, 0.15) is 15.9 Å². The van der Waals surface area contributed by atoms with Crippen LogP contribution in [0.25, 0.3) is 0 Å². The summed E-state index contributed by atoms with van der Waals surface area (Å²) in [6.45, 7) is -0.0917. The molecule has 2 heterocycles. The average Bonchev–Trinajstić information content (AvgIpc) is 2.60. The zero-order valence-corrected chi connectivity index (χ0v) is 12.7. The maximum Gasteiger partial charge on any atom is 0.339 e. The Morgan fingerprint density at radius 1 is 1.08 bits per heavy atom. The van der Waals surface area contributed by atoms with Crippen LogP contribution in [0, 0.1) is 0 Å². The third-order valence-corrected chi connectivity index (χ3v) is 4.20. The Balaban J connectivity index is 1.66. The molecule has 0 saturated heterocycles. The Bertz CT molecular complexity index is 862. The van der Waals surface area contributed by atoms with E-state index in [1.165, 1.54) is 4.90 Å². The second-order valence-corrected chi connectivity index (χ2v) is 5.74. The van der Waals surface area contributed by atoms with E-state index >= 15 is 0 Å². The van der Waals surface area contributed by atoms with Crippen LogP contribution in [0.15, 0.2) is 48.5 Å². The number of carbonyl (C=O) groups is 3. The van der Waals surface area contributed by atoms with Crippen molar-refractivity contribution in [3.05, 3.63) is 59.7 Å². The first-order chi connectivity index (χ1) is 11.6. The lowest BCUT2D eigenvalue weighted by Gasteiger charge is -2.33. The summed E-state index contributed by atoms with van der Waals surface area (Å²) in [4.78, 5) is 38.3. The Kier molecular flexibility index (Phi) is 3.30. The van der Waals surface area contributed by atoms with Gasteiger partial charge in [-0.1, -0.05) is 30.3 Å². The third-order valence-electron chi connectivity index (χ3n) is 4.20. The molecule has 0 bridgehead atoms. The third kappa shape index (κ3) is 2.32. The maximum atomic E-state index is 12.9. The van der Waals surface area contributed by atoms with Crippen LogP contribution in [0.3, 0.4) is 0 Å². The highest BCUT2D eigenvalue weighted by Crippen LogP contribution is 2.31. The number of esters is 1. The van der Waals surface area contributed by atoms with Crippen LogP contribution < -0.4 is 10.2 Å². The number of anilines is 2. The summed E-state index contributed by atoms with van der Waals surface area (Å²) in [6.07, 6.45) is -0.618. The van der Waals surface area contributed by atoms with Crippen LogP contribution in [-0.2, 0) is 20.7 Å². The molecule has 2 aliphatic rings. The van der Waals surface area contributed by atoms with Crippen molar-refractivity contribution in [3.8, 4) is 0 Å². The van der Waals surface area contributed by atoms with Gasteiger partial charge in [-0.15, -0.1) is 0 Å². The number of hydrogen-bond donors (Lipinski definition) is 1. The van der Waals surface area contributed by atoms with Gasteiger partial charge >= 0.3 is 5.97 Å². The molecular formula is C18H14N2O4. The normalized spacial score (nSPS) is 19.0. The second-order valence-electron chi connectivity index (χ2n) is 5.74. The number of amides is 2. The largest absolute Gasteiger partial charge is 0.448 e. The molecule has 0 aromatic heterocycles. The fourth-order valence-electron chi connectivity index (χ4n) is 3.07.